The van der Waals surface area contributed by atoms with Crippen molar-refractivity contribution in [1.29, 1.82) is 0 Å². The minimum Gasteiger partial charge on any atom is -0.314 e. The highest BCUT2D eigenvalue weighted by atomic mass is 35.5. The van der Waals surface area contributed by atoms with E-state index in [2.05, 4.69) is 58.7 Å². The van der Waals surface area contributed by atoms with Crippen LogP contribution in [0.5, 0.6) is 0 Å². The lowest BCUT2D eigenvalue weighted by atomic mass is 9.93. The van der Waals surface area contributed by atoms with Crippen LogP contribution in [0.4, 0.5) is 4.39 Å². The van der Waals surface area contributed by atoms with Gasteiger partial charge in [-0.3, -0.25) is 4.90 Å². The summed E-state index contributed by atoms with van der Waals surface area (Å²) in [5, 5.41) is 8.17. The Kier molecular flexibility index (Phi) is 5.34. The fraction of sp³-hybridized carbons (Fsp3) is 0.300. The van der Waals surface area contributed by atoms with Crippen molar-refractivity contribution in [2.45, 2.75) is 6.04 Å². The molecule has 0 amide bonds. The molecule has 1 heterocycles. The Labute approximate surface area is 148 Å². The van der Waals surface area contributed by atoms with Crippen molar-refractivity contribution in [1.82, 2.24) is 10.2 Å². The SMILES string of the molecule is Cl.FC[C@H](c1cc2ccccc2c2ccccc12)N1CCNCC1. The van der Waals surface area contributed by atoms with Crippen molar-refractivity contribution in [2.75, 3.05) is 32.9 Å². The number of fused-ring (bicyclic) bond motifs is 3. The number of halogens is 2. The van der Waals surface area contributed by atoms with Gasteiger partial charge in [-0.25, -0.2) is 4.39 Å². The van der Waals surface area contributed by atoms with Gasteiger partial charge in [-0.15, -0.1) is 12.4 Å². The second kappa shape index (κ2) is 7.47. The van der Waals surface area contributed by atoms with Gasteiger partial charge in [0.15, 0.2) is 0 Å². The second-order valence-electron chi connectivity index (χ2n) is 6.19. The van der Waals surface area contributed by atoms with E-state index < -0.39 is 0 Å². The summed E-state index contributed by atoms with van der Waals surface area (Å²) < 4.78 is 14.0. The predicted octanol–water partition coefficient (Wildman–Crippen LogP) is 4.33. The zero-order valence-electron chi connectivity index (χ0n) is 13.5. The summed E-state index contributed by atoms with van der Waals surface area (Å²) in [7, 11) is 0. The van der Waals surface area contributed by atoms with E-state index in [1.54, 1.807) is 0 Å². The van der Waals surface area contributed by atoms with Crippen LogP contribution in [0.1, 0.15) is 11.6 Å². The minimum absolute atomic E-state index is 0. The summed E-state index contributed by atoms with van der Waals surface area (Å²) in [6.45, 7) is 3.32. The van der Waals surface area contributed by atoms with Crippen LogP contribution >= 0.6 is 12.4 Å². The van der Waals surface area contributed by atoms with Gasteiger partial charge in [-0.05, 0) is 33.2 Å². The van der Waals surface area contributed by atoms with Gasteiger partial charge in [0, 0.05) is 26.2 Å². The summed E-state index contributed by atoms with van der Waals surface area (Å²) in [5.41, 5.74) is 1.11. The molecule has 0 bridgehead atoms. The summed E-state index contributed by atoms with van der Waals surface area (Å²) in [6, 6.07) is 18.8. The molecule has 4 heteroatoms. The summed E-state index contributed by atoms with van der Waals surface area (Å²) in [4.78, 5) is 2.27. The Balaban J connectivity index is 0.00000169. The van der Waals surface area contributed by atoms with Gasteiger partial charge in [-0.2, -0.15) is 0 Å². The van der Waals surface area contributed by atoms with E-state index in [1.807, 2.05) is 6.07 Å². The molecule has 0 unspecified atom stereocenters. The molecular weight excluding hydrogens is 323 g/mol. The second-order valence-corrected chi connectivity index (χ2v) is 6.19. The van der Waals surface area contributed by atoms with Crippen molar-refractivity contribution in [3.63, 3.8) is 0 Å². The number of nitrogens with zero attached hydrogens (tertiary/aromatic N) is 1. The molecule has 3 aromatic rings. The third kappa shape index (κ3) is 3.00. The van der Waals surface area contributed by atoms with Crippen LogP contribution in [0.15, 0.2) is 54.6 Å². The molecule has 0 spiro atoms. The molecule has 1 aliphatic heterocycles. The van der Waals surface area contributed by atoms with Crippen molar-refractivity contribution in [3.8, 4) is 0 Å². The zero-order chi connectivity index (χ0) is 15.6. The van der Waals surface area contributed by atoms with Gasteiger partial charge < -0.3 is 5.32 Å². The average molecular weight is 345 g/mol. The molecule has 1 aliphatic rings. The van der Waals surface area contributed by atoms with E-state index in [0.717, 1.165) is 31.7 Å². The standard InChI is InChI=1S/C20H21FN2.ClH/c21-14-20(23-11-9-22-10-12-23)19-13-15-5-1-2-6-16(15)17-7-3-4-8-18(17)19;/h1-8,13,20,22H,9-12,14H2;1H/t20-;/m1./s1. The monoisotopic (exact) mass is 344 g/mol. The van der Waals surface area contributed by atoms with E-state index in [4.69, 9.17) is 0 Å². The van der Waals surface area contributed by atoms with Gasteiger partial charge in [0.05, 0.1) is 6.04 Å². The van der Waals surface area contributed by atoms with Crippen LogP contribution in [-0.2, 0) is 0 Å². The minimum atomic E-state index is -0.345. The highest BCUT2D eigenvalue weighted by Gasteiger charge is 2.24. The molecule has 0 radical (unpaired) electrons. The van der Waals surface area contributed by atoms with Crippen LogP contribution in [0.25, 0.3) is 21.5 Å². The highest BCUT2D eigenvalue weighted by Crippen LogP contribution is 2.34. The Morgan fingerprint density at radius 3 is 2.25 bits per heavy atom. The van der Waals surface area contributed by atoms with Gasteiger partial charge in [0.1, 0.15) is 6.67 Å². The third-order valence-electron chi connectivity index (χ3n) is 4.90. The first-order valence-corrected chi connectivity index (χ1v) is 8.29. The van der Waals surface area contributed by atoms with Gasteiger partial charge >= 0.3 is 0 Å². The Morgan fingerprint density at radius 2 is 1.54 bits per heavy atom. The van der Waals surface area contributed by atoms with Crippen LogP contribution in [0.3, 0.4) is 0 Å². The van der Waals surface area contributed by atoms with Gasteiger partial charge in [0.25, 0.3) is 0 Å². The Hall–Kier alpha value is -1.68. The fourth-order valence-corrected chi connectivity index (χ4v) is 3.73. The van der Waals surface area contributed by atoms with Gasteiger partial charge in [0.2, 0.25) is 0 Å². The van der Waals surface area contributed by atoms with Crippen LogP contribution in [0, 0.1) is 0 Å². The molecule has 1 N–H and O–H groups in total. The van der Waals surface area contributed by atoms with Crippen molar-refractivity contribution in [3.05, 3.63) is 60.2 Å². The molecule has 1 fully saturated rings. The van der Waals surface area contributed by atoms with E-state index in [9.17, 15) is 4.39 Å². The smallest absolute Gasteiger partial charge is 0.109 e. The summed E-state index contributed by atoms with van der Waals surface area (Å²) in [6.07, 6.45) is 0. The lowest BCUT2D eigenvalue weighted by Gasteiger charge is -2.34. The Morgan fingerprint density at radius 1 is 0.917 bits per heavy atom. The Bertz CT molecular complexity index is 830. The number of hydrogen-bond donors (Lipinski definition) is 1. The predicted molar refractivity (Wildman–Crippen MR) is 102 cm³/mol. The normalized spacial score (nSPS) is 16.9. The number of benzene rings is 3. The highest BCUT2D eigenvalue weighted by molar-refractivity contribution is 6.09. The first-order chi connectivity index (χ1) is 11.4. The van der Waals surface area contributed by atoms with E-state index in [-0.39, 0.29) is 25.1 Å². The first kappa shape index (κ1) is 17.2. The molecule has 0 aromatic heterocycles. The zero-order valence-corrected chi connectivity index (χ0v) is 14.4. The maximum atomic E-state index is 14.0. The maximum Gasteiger partial charge on any atom is 0.109 e. The molecule has 1 saturated heterocycles. The molecule has 126 valence electrons. The number of rotatable bonds is 3. The number of piperazine rings is 1. The molecule has 0 saturated carbocycles. The van der Waals surface area contributed by atoms with Crippen molar-refractivity contribution in [2.24, 2.45) is 0 Å². The number of alkyl halides is 1. The number of nitrogens with one attached hydrogen (secondary N) is 1. The summed E-state index contributed by atoms with van der Waals surface area (Å²) >= 11 is 0. The molecular formula is C20H22ClFN2. The molecule has 2 nitrogen and oxygen atoms in total. The number of hydrogen-bond acceptors (Lipinski definition) is 2. The van der Waals surface area contributed by atoms with Crippen LogP contribution in [-0.4, -0.2) is 37.8 Å². The molecule has 1 atom stereocenters. The molecule has 3 aromatic carbocycles. The van der Waals surface area contributed by atoms with E-state index in [0.29, 0.717) is 0 Å². The topological polar surface area (TPSA) is 15.3 Å². The molecule has 4 rings (SSSR count). The van der Waals surface area contributed by atoms with E-state index in [1.165, 1.54) is 21.5 Å². The van der Waals surface area contributed by atoms with E-state index >= 15 is 0 Å². The molecule has 0 aliphatic carbocycles. The lowest BCUT2D eigenvalue weighted by molar-refractivity contribution is 0.148. The summed E-state index contributed by atoms with van der Waals surface area (Å²) in [5.74, 6) is 0. The van der Waals surface area contributed by atoms with Crippen LogP contribution in [0.2, 0.25) is 0 Å². The van der Waals surface area contributed by atoms with Crippen molar-refractivity contribution < 1.29 is 4.39 Å². The average Bonchev–Trinajstić information content (AvgIpc) is 2.63. The lowest BCUT2D eigenvalue weighted by Crippen LogP contribution is -2.45. The largest absolute Gasteiger partial charge is 0.314 e. The third-order valence-corrected chi connectivity index (χ3v) is 4.90. The molecule has 24 heavy (non-hydrogen) atoms. The maximum absolute atomic E-state index is 14.0. The van der Waals surface area contributed by atoms with Gasteiger partial charge in [-0.1, -0.05) is 48.5 Å². The van der Waals surface area contributed by atoms with Crippen molar-refractivity contribution >= 4 is 34.0 Å². The van der Waals surface area contributed by atoms with Crippen LogP contribution < -0.4 is 5.32 Å². The fourth-order valence-electron chi connectivity index (χ4n) is 3.73. The quantitative estimate of drug-likeness (QED) is 0.711. The first-order valence-electron chi connectivity index (χ1n) is 8.29.